The van der Waals surface area contributed by atoms with Gasteiger partial charge in [-0.2, -0.15) is 0 Å². The van der Waals surface area contributed by atoms with E-state index in [9.17, 15) is 4.79 Å². The number of hydrogen-bond acceptors (Lipinski definition) is 5. The minimum Gasteiger partial charge on any atom is -0.444 e. The molecule has 1 aliphatic rings. The summed E-state index contributed by atoms with van der Waals surface area (Å²) in [5.41, 5.74) is -0.429. The minimum absolute atomic E-state index is 0.179. The highest BCUT2D eigenvalue weighted by Gasteiger charge is 2.30. The third-order valence-electron chi connectivity index (χ3n) is 3.06. The summed E-state index contributed by atoms with van der Waals surface area (Å²) in [5.74, 6) is 0.896. The van der Waals surface area contributed by atoms with Crippen molar-refractivity contribution in [2.75, 3.05) is 12.3 Å². The molecule has 1 atom stereocenters. The molecular formula is C14H22N2O2S2. The number of likely N-dealkylation sites (tertiary alicyclic amines) is 1. The van der Waals surface area contributed by atoms with Gasteiger partial charge < -0.3 is 9.64 Å². The molecule has 1 aromatic rings. The van der Waals surface area contributed by atoms with Crippen molar-refractivity contribution in [2.45, 2.75) is 56.0 Å². The first-order chi connectivity index (χ1) is 9.46. The summed E-state index contributed by atoms with van der Waals surface area (Å²) in [7, 11) is 0. The summed E-state index contributed by atoms with van der Waals surface area (Å²) < 4.78 is 6.58. The average molecular weight is 314 g/mol. The molecule has 1 amide bonds. The van der Waals surface area contributed by atoms with Crippen LogP contribution in [0.2, 0.25) is 0 Å². The molecule has 0 saturated carbocycles. The van der Waals surface area contributed by atoms with Crippen molar-refractivity contribution in [3.8, 4) is 0 Å². The van der Waals surface area contributed by atoms with E-state index in [-0.39, 0.29) is 12.1 Å². The minimum atomic E-state index is -0.429. The number of thioether (sulfide) groups is 1. The van der Waals surface area contributed by atoms with Crippen molar-refractivity contribution in [1.29, 1.82) is 0 Å². The summed E-state index contributed by atoms with van der Waals surface area (Å²) in [6.07, 6.45) is 4.94. The monoisotopic (exact) mass is 314 g/mol. The van der Waals surface area contributed by atoms with Crippen molar-refractivity contribution >= 4 is 29.2 Å². The summed E-state index contributed by atoms with van der Waals surface area (Å²) in [6.45, 7) is 6.54. The van der Waals surface area contributed by atoms with Gasteiger partial charge in [-0.1, -0.05) is 11.8 Å². The first kappa shape index (κ1) is 15.6. The number of piperidine rings is 1. The van der Waals surface area contributed by atoms with Crippen LogP contribution in [0.5, 0.6) is 0 Å². The Labute approximate surface area is 128 Å². The molecule has 112 valence electrons. The lowest BCUT2D eigenvalue weighted by atomic mass is 10.0. The van der Waals surface area contributed by atoms with Gasteiger partial charge in [-0.15, -0.1) is 11.3 Å². The molecule has 0 aliphatic carbocycles. The molecule has 2 heterocycles. The Morgan fingerprint density at radius 2 is 2.35 bits per heavy atom. The van der Waals surface area contributed by atoms with Crippen molar-refractivity contribution in [3.05, 3.63) is 11.6 Å². The fraction of sp³-hybridized carbons (Fsp3) is 0.714. The Hall–Kier alpha value is -0.750. The number of ether oxygens (including phenoxy) is 1. The van der Waals surface area contributed by atoms with E-state index in [2.05, 4.69) is 4.98 Å². The normalized spacial score (nSPS) is 19.9. The van der Waals surface area contributed by atoms with E-state index in [0.717, 1.165) is 29.5 Å². The lowest BCUT2D eigenvalue weighted by molar-refractivity contribution is 0.0126. The highest BCUT2D eigenvalue weighted by molar-refractivity contribution is 8.01. The molecule has 6 heteroatoms. The Bertz CT molecular complexity index is 429. The topological polar surface area (TPSA) is 42.4 Å². The zero-order valence-corrected chi connectivity index (χ0v) is 13.9. The van der Waals surface area contributed by atoms with E-state index >= 15 is 0 Å². The van der Waals surface area contributed by atoms with Crippen LogP contribution in [0.3, 0.4) is 0 Å². The Morgan fingerprint density at radius 1 is 1.55 bits per heavy atom. The van der Waals surface area contributed by atoms with E-state index in [1.807, 2.05) is 37.2 Å². The molecule has 4 nitrogen and oxygen atoms in total. The maximum absolute atomic E-state index is 12.3. The number of nitrogens with zero attached hydrogens (tertiary/aromatic N) is 2. The molecule has 0 bridgehead atoms. The average Bonchev–Trinajstić information content (AvgIpc) is 2.87. The Morgan fingerprint density at radius 3 is 3.00 bits per heavy atom. The van der Waals surface area contributed by atoms with E-state index in [4.69, 9.17) is 4.74 Å². The summed E-state index contributed by atoms with van der Waals surface area (Å²) >= 11 is 3.38. The van der Waals surface area contributed by atoms with Crippen LogP contribution < -0.4 is 0 Å². The SMILES string of the molecule is CC(C)(C)OC(=O)N1CCCC[C@H]1CSc1nccs1. The van der Waals surface area contributed by atoms with Gasteiger partial charge in [0.1, 0.15) is 9.94 Å². The van der Waals surface area contributed by atoms with Gasteiger partial charge in [0.25, 0.3) is 0 Å². The van der Waals surface area contributed by atoms with Crippen LogP contribution in [-0.4, -0.2) is 39.9 Å². The van der Waals surface area contributed by atoms with Gasteiger partial charge in [0, 0.05) is 29.9 Å². The molecule has 1 aromatic heterocycles. The lowest BCUT2D eigenvalue weighted by Crippen LogP contribution is -2.47. The summed E-state index contributed by atoms with van der Waals surface area (Å²) in [5, 5.41) is 1.98. The highest BCUT2D eigenvalue weighted by Crippen LogP contribution is 2.27. The van der Waals surface area contributed by atoms with Crippen LogP contribution >= 0.6 is 23.1 Å². The number of aromatic nitrogens is 1. The maximum Gasteiger partial charge on any atom is 0.410 e. The number of amides is 1. The van der Waals surface area contributed by atoms with E-state index in [1.54, 1.807) is 23.1 Å². The second-order valence-electron chi connectivity index (χ2n) is 5.93. The molecule has 0 unspecified atom stereocenters. The largest absolute Gasteiger partial charge is 0.444 e. The smallest absolute Gasteiger partial charge is 0.410 e. The van der Waals surface area contributed by atoms with Gasteiger partial charge in [0.2, 0.25) is 0 Å². The lowest BCUT2D eigenvalue weighted by Gasteiger charge is -2.36. The zero-order chi connectivity index (χ0) is 14.6. The van der Waals surface area contributed by atoms with Crippen LogP contribution in [0, 0.1) is 0 Å². The molecule has 1 fully saturated rings. The van der Waals surface area contributed by atoms with E-state index < -0.39 is 5.60 Å². The van der Waals surface area contributed by atoms with Crippen LogP contribution in [0.15, 0.2) is 15.9 Å². The third-order valence-corrected chi connectivity index (χ3v) is 5.17. The van der Waals surface area contributed by atoms with Crippen LogP contribution in [0.1, 0.15) is 40.0 Å². The van der Waals surface area contributed by atoms with Crippen LogP contribution in [0.4, 0.5) is 4.79 Å². The molecule has 0 spiro atoms. The quantitative estimate of drug-likeness (QED) is 0.790. The van der Waals surface area contributed by atoms with Crippen LogP contribution in [-0.2, 0) is 4.74 Å². The Balaban J connectivity index is 1.92. The van der Waals surface area contributed by atoms with Gasteiger partial charge >= 0.3 is 6.09 Å². The van der Waals surface area contributed by atoms with Crippen LogP contribution in [0.25, 0.3) is 0 Å². The van der Waals surface area contributed by atoms with Gasteiger partial charge in [-0.3, -0.25) is 0 Å². The zero-order valence-electron chi connectivity index (χ0n) is 12.3. The molecular weight excluding hydrogens is 292 g/mol. The first-order valence-electron chi connectivity index (χ1n) is 6.97. The van der Waals surface area contributed by atoms with Gasteiger partial charge in [0.05, 0.1) is 0 Å². The summed E-state index contributed by atoms with van der Waals surface area (Å²) in [6, 6.07) is 0.257. The fourth-order valence-electron chi connectivity index (χ4n) is 2.18. The third kappa shape index (κ3) is 4.66. The molecule has 1 saturated heterocycles. The molecule has 0 N–H and O–H groups in total. The predicted molar refractivity (Wildman–Crippen MR) is 83.4 cm³/mol. The van der Waals surface area contributed by atoms with Crippen molar-refractivity contribution in [1.82, 2.24) is 9.88 Å². The van der Waals surface area contributed by atoms with E-state index in [1.165, 1.54) is 6.42 Å². The first-order valence-corrected chi connectivity index (χ1v) is 8.84. The Kier molecular flexibility index (Phi) is 5.32. The van der Waals surface area contributed by atoms with Gasteiger partial charge in [0.15, 0.2) is 0 Å². The highest BCUT2D eigenvalue weighted by atomic mass is 32.2. The fourth-order valence-corrected chi connectivity index (χ4v) is 4.00. The van der Waals surface area contributed by atoms with Gasteiger partial charge in [-0.25, -0.2) is 9.78 Å². The van der Waals surface area contributed by atoms with Crippen molar-refractivity contribution in [2.24, 2.45) is 0 Å². The molecule has 20 heavy (non-hydrogen) atoms. The number of carbonyl (C=O) groups excluding carboxylic acids is 1. The second kappa shape index (κ2) is 6.80. The standard InChI is InChI=1S/C14H22N2O2S2/c1-14(2,3)18-13(17)16-8-5-4-6-11(16)10-20-12-15-7-9-19-12/h7,9,11H,4-6,8,10H2,1-3H3/t11-/m0/s1. The molecule has 2 rings (SSSR count). The second-order valence-corrected chi connectivity index (χ2v) is 8.09. The van der Waals surface area contributed by atoms with Crippen molar-refractivity contribution in [3.63, 3.8) is 0 Å². The predicted octanol–water partition coefficient (Wildman–Crippen LogP) is 4.02. The summed E-state index contributed by atoms with van der Waals surface area (Å²) in [4.78, 5) is 18.4. The molecule has 0 radical (unpaired) electrons. The molecule has 0 aromatic carbocycles. The molecule has 1 aliphatic heterocycles. The maximum atomic E-state index is 12.3. The number of thiazole rings is 1. The van der Waals surface area contributed by atoms with Crippen molar-refractivity contribution < 1.29 is 9.53 Å². The number of hydrogen-bond donors (Lipinski definition) is 0. The van der Waals surface area contributed by atoms with Gasteiger partial charge in [-0.05, 0) is 40.0 Å². The number of rotatable bonds is 3. The number of carbonyl (C=O) groups is 1. The van der Waals surface area contributed by atoms with E-state index in [0.29, 0.717) is 0 Å².